The van der Waals surface area contributed by atoms with Gasteiger partial charge in [-0.05, 0) is 19.3 Å². The van der Waals surface area contributed by atoms with Crippen LogP contribution >= 0.6 is 0 Å². The van der Waals surface area contributed by atoms with Crippen LogP contribution in [0.25, 0.3) is 0 Å². The van der Waals surface area contributed by atoms with Crippen LogP contribution in [0.3, 0.4) is 0 Å². The molecule has 0 radical (unpaired) electrons. The number of hydrogen-bond acceptors (Lipinski definition) is 5. The van der Waals surface area contributed by atoms with Crippen LogP contribution in [0.5, 0.6) is 5.88 Å². The zero-order valence-electron chi connectivity index (χ0n) is 11.2. The normalized spacial score (nSPS) is 14.6. The van der Waals surface area contributed by atoms with E-state index in [1.807, 2.05) is 0 Å². The van der Waals surface area contributed by atoms with Crippen molar-refractivity contribution in [3.8, 4) is 5.88 Å². The first-order chi connectivity index (χ1) is 8.76. The number of nitrogens with zero attached hydrogens (tertiary/aromatic N) is 2. The molecule has 0 spiro atoms. The lowest BCUT2D eigenvalue weighted by Crippen LogP contribution is -2.10. The highest BCUT2D eigenvalue weighted by Crippen LogP contribution is 2.40. The summed E-state index contributed by atoms with van der Waals surface area (Å²) < 4.78 is 5.22. The van der Waals surface area contributed by atoms with Crippen molar-refractivity contribution in [3.05, 3.63) is 5.82 Å². The number of unbranched alkanes of at least 4 members (excludes halogenated alkanes) is 2. The van der Waals surface area contributed by atoms with E-state index in [1.54, 1.807) is 7.11 Å². The monoisotopic (exact) mass is 250 g/mol. The second-order valence-corrected chi connectivity index (χ2v) is 4.76. The smallest absolute Gasteiger partial charge is 0.242 e. The summed E-state index contributed by atoms with van der Waals surface area (Å²) in [6.07, 6.45) is 5.88. The molecule has 5 nitrogen and oxygen atoms in total. The first kappa shape index (κ1) is 12.9. The van der Waals surface area contributed by atoms with Gasteiger partial charge in [0.05, 0.1) is 7.11 Å². The topological polar surface area (TPSA) is 73.1 Å². The number of methoxy groups -OCH3 is 1. The van der Waals surface area contributed by atoms with Crippen molar-refractivity contribution in [2.24, 2.45) is 0 Å². The van der Waals surface area contributed by atoms with Gasteiger partial charge >= 0.3 is 0 Å². The van der Waals surface area contributed by atoms with Gasteiger partial charge < -0.3 is 15.8 Å². The molecule has 1 aliphatic rings. The first-order valence-corrected chi connectivity index (χ1v) is 6.71. The molecule has 5 heteroatoms. The van der Waals surface area contributed by atoms with E-state index in [9.17, 15) is 0 Å². The molecule has 1 saturated carbocycles. The summed E-state index contributed by atoms with van der Waals surface area (Å²) in [5, 5.41) is 3.29. The summed E-state index contributed by atoms with van der Waals surface area (Å²) in [5.74, 6) is 2.57. The van der Waals surface area contributed by atoms with E-state index in [4.69, 9.17) is 10.5 Å². The highest BCUT2D eigenvalue weighted by Gasteiger charge is 2.28. The van der Waals surface area contributed by atoms with Crippen LogP contribution in [0.2, 0.25) is 0 Å². The van der Waals surface area contributed by atoms with Crippen molar-refractivity contribution < 1.29 is 4.74 Å². The summed E-state index contributed by atoms with van der Waals surface area (Å²) in [7, 11) is 1.59. The molecule has 0 atom stereocenters. The van der Waals surface area contributed by atoms with Crippen LogP contribution in [0.15, 0.2) is 0 Å². The van der Waals surface area contributed by atoms with Crippen LogP contribution in [-0.4, -0.2) is 23.6 Å². The zero-order valence-corrected chi connectivity index (χ0v) is 11.2. The molecule has 0 aromatic carbocycles. The third-order valence-electron chi connectivity index (χ3n) is 3.14. The van der Waals surface area contributed by atoms with Crippen LogP contribution in [0.1, 0.15) is 50.8 Å². The number of ether oxygens (including phenoxy) is 1. The number of anilines is 2. The van der Waals surface area contributed by atoms with E-state index in [0.717, 1.165) is 24.6 Å². The maximum atomic E-state index is 5.99. The zero-order chi connectivity index (χ0) is 13.0. The second-order valence-electron chi connectivity index (χ2n) is 4.76. The molecule has 3 N–H and O–H groups in total. The average molecular weight is 250 g/mol. The lowest BCUT2D eigenvalue weighted by Gasteiger charge is -2.12. The minimum Gasteiger partial charge on any atom is -0.479 e. The van der Waals surface area contributed by atoms with Gasteiger partial charge in [-0.2, -0.15) is 4.98 Å². The quantitative estimate of drug-likeness (QED) is 0.727. The standard InChI is InChI=1S/C13H22N4O/c1-3-4-5-8-15-12-10(14)13(18-2)17-11(16-12)9-6-7-9/h9H,3-8,14H2,1-2H3,(H,15,16,17). The summed E-state index contributed by atoms with van der Waals surface area (Å²) in [5.41, 5.74) is 6.50. The van der Waals surface area contributed by atoms with Crippen LogP contribution < -0.4 is 15.8 Å². The molecule has 1 aliphatic carbocycles. The van der Waals surface area contributed by atoms with Gasteiger partial charge in [0.15, 0.2) is 5.82 Å². The molecule has 0 unspecified atom stereocenters. The van der Waals surface area contributed by atoms with Crippen molar-refractivity contribution >= 4 is 11.5 Å². The number of nitrogens with one attached hydrogen (secondary N) is 1. The third-order valence-corrected chi connectivity index (χ3v) is 3.14. The number of nitrogen functional groups attached to an aromatic ring is 1. The van der Waals surface area contributed by atoms with E-state index >= 15 is 0 Å². The molecular formula is C13H22N4O. The molecule has 1 aromatic heterocycles. The van der Waals surface area contributed by atoms with Crippen molar-refractivity contribution in [3.63, 3.8) is 0 Å². The van der Waals surface area contributed by atoms with Gasteiger partial charge in [0.2, 0.25) is 5.88 Å². The maximum Gasteiger partial charge on any atom is 0.242 e. The summed E-state index contributed by atoms with van der Waals surface area (Å²) in [6, 6.07) is 0. The SMILES string of the molecule is CCCCCNc1nc(C2CC2)nc(OC)c1N. The van der Waals surface area contributed by atoms with Gasteiger partial charge in [0.1, 0.15) is 11.5 Å². The van der Waals surface area contributed by atoms with E-state index in [-0.39, 0.29) is 0 Å². The van der Waals surface area contributed by atoms with Gasteiger partial charge in [-0.15, -0.1) is 0 Å². The Balaban J connectivity index is 2.08. The highest BCUT2D eigenvalue weighted by molar-refractivity contribution is 5.67. The summed E-state index contributed by atoms with van der Waals surface area (Å²) in [6.45, 7) is 3.08. The fraction of sp³-hybridized carbons (Fsp3) is 0.692. The molecule has 1 heterocycles. The van der Waals surface area contributed by atoms with Gasteiger partial charge in [0, 0.05) is 12.5 Å². The summed E-state index contributed by atoms with van der Waals surface area (Å²) >= 11 is 0. The average Bonchev–Trinajstić information content (AvgIpc) is 3.20. The molecule has 0 aliphatic heterocycles. The molecule has 0 bridgehead atoms. The minimum atomic E-state index is 0.491. The number of nitrogens with two attached hydrogens (primary N) is 1. The molecular weight excluding hydrogens is 228 g/mol. The second kappa shape index (κ2) is 5.89. The Labute approximate surface area is 108 Å². The molecule has 18 heavy (non-hydrogen) atoms. The fourth-order valence-electron chi connectivity index (χ4n) is 1.86. The van der Waals surface area contributed by atoms with Gasteiger partial charge in [-0.1, -0.05) is 19.8 Å². The van der Waals surface area contributed by atoms with Crippen molar-refractivity contribution in [2.75, 3.05) is 24.7 Å². The van der Waals surface area contributed by atoms with Crippen molar-refractivity contribution in [1.82, 2.24) is 9.97 Å². The van der Waals surface area contributed by atoms with E-state index in [2.05, 4.69) is 22.2 Å². The Kier molecular flexibility index (Phi) is 4.23. The van der Waals surface area contributed by atoms with Gasteiger partial charge in [-0.3, -0.25) is 0 Å². The molecule has 1 aromatic rings. The lowest BCUT2D eigenvalue weighted by molar-refractivity contribution is 0.397. The highest BCUT2D eigenvalue weighted by atomic mass is 16.5. The van der Waals surface area contributed by atoms with E-state index in [1.165, 1.54) is 25.7 Å². The van der Waals surface area contributed by atoms with Gasteiger partial charge in [0.25, 0.3) is 0 Å². The largest absolute Gasteiger partial charge is 0.479 e. The number of rotatable bonds is 7. The molecule has 1 fully saturated rings. The number of hydrogen-bond donors (Lipinski definition) is 2. The Bertz CT molecular complexity index is 404. The van der Waals surface area contributed by atoms with Crippen molar-refractivity contribution in [1.29, 1.82) is 0 Å². The Morgan fingerprint density at radius 2 is 2.11 bits per heavy atom. The van der Waals surface area contributed by atoms with Gasteiger partial charge in [-0.25, -0.2) is 4.98 Å². The Morgan fingerprint density at radius 3 is 2.72 bits per heavy atom. The minimum absolute atomic E-state index is 0.491. The fourth-order valence-corrected chi connectivity index (χ4v) is 1.86. The van der Waals surface area contributed by atoms with Crippen LogP contribution in [-0.2, 0) is 0 Å². The number of aromatic nitrogens is 2. The molecule has 0 saturated heterocycles. The van der Waals surface area contributed by atoms with E-state index < -0.39 is 0 Å². The van der Waals surface area contributed by atoms with Crippen molar-refractivity contribution in [2.45, 2.75) is 44.9 Å². The molecule has 100 valence electrons. The van der Waals surface area contributed by atoms with E-state index in [0.29, 0.717) is 17.5 Å². The lowest BCUT2D eigenvalue weighted by atomic mass is 10.2. The molecule has 2 rings (SSSR count). The summed E-state index contributed by atoms with van der Waals surface area (Å²) in [4.78, 5) is 8.87. The van der Waals surface area contributed by atoms with Crippen LogP contribution in [0, 0.1) is 0 Å². The Hall–Kier alpha value is -1.52. The Morgan fingerprint density at radius 1 is 1.33 bits per heavy atom. The predicted octanol–water partition coefficient (Wildman–Crippen LogP) is 2.55. The third kappa shape index (κ3) is 3.03. The predicted molar refractivity (Wildman–Crippen MR) is 73.0 cm³/mol. The first-order valence-electron chi connectivity index (χ1n) is 6.71. The maximum absolute atomic E-state index is 5.99. The molecule has 0 amide bonds. The van der Waals surface area contributed by atoms with Crippen LogP contribution in [0.4, 0.5) is 11.5 Å².